The second-order valence-electron chi connectivity index (χ2n) is 8.96. The standard InChI is InChI=1S/C29H25N5OS/c1-19(28(35)30-21-16-17-21)36-29-33-32-27(34(29)22-12-6-3-7-13-22)24-18-26(20-10-4-2-5-11-20)31-25-15-9-8-14-23(24)25/h2-15,18-19,21H,16-17H2,1H3,(H,30,35). The molecule has 1 saturated carbocycles. The van der Waals surface area contributed by atoms with Crippen molar-refractivity contribution in [2.45, 2.75) is 36.2 Å². The summed E-state index contributed by atoms with van der Waals surface area (Å²) in [7, 11) is 0. The zero-order valence-electron chi connectivity index (χ0n) is 19.8. The fourth-order valence-corrected chi connectivity index (χ4v) is 5.08. The van der Waals surface area contributed by atoms with Crippen LogP contribution in [0.1, 0.15) is 19.8 Å². The van der Waals surface area contributed by atoms with E-state index in [4.69, 9.17) is 4.98 Å². The summed E-state index contributed by atoms with van der Waals surface area (Å²) in [4.78, 5) is 17.6. The SMILES string of the molecule is CC(Sc1nnc(-c2cc(-c3ccccc3)nc3ccccc23)n1-c1ccccc1)C(=O)NC1CC1. The number of fused-ring (bicyclic) bond motifs is 1. The van der Waals surface area contributed by atoms with E-state index in [9.17, 15) is 4.79 Å². The zero-order chi connectivity index (χ0) is 24.5. The number of rotatable bonds is 7. The highest BCUT2D eigenvalue weighted by Crippen LogP contribution is 2.35. The van der Waals surface area contributed by atoms with Gasteiger partial charge in [-0.25, -0.2) is 4.98 Å². The lowest BCUT2D eigenvalue weighted by Crippen LogP contribution is -2.32. The molecule has 6 rings (SSSR count). The van der Waals surface area contributed by atoms with Gasteiger partial charge >= 0.3 is 0 Å². The molecule has 1 amide bonds. The molecule has 2 heterocycles. The predicted molar refractivity (Wildman–Crippen MR) is 144 cm³/mol. The monoisotopic (exact) mass is 491 g/mol. The third-order valence-corrected chi connectivity index (χ3v) is 7.29. The van der Waals surface area contributed by atoms with Crippen LogP contribution in [0.25, 0.3) is 39.2 Å². The van der Waals surface area contributed by atoms with Crippen LogP contribution in [0.15, 0.2) is 96.2 Å². The molecule has 5 aromatic rings. The molecule has 0 bridgehead atoms. The van der Waals surface area contributed by atoms with Gasteiger partial charge in [-0.3, -0.25) is 9.36 Å². The minimum absolute atomic E-state index is 0.0346. The number of nitrogens with zero attached hydrogens (tertiary/aromatic N) is 4. The molecule has 0 spiro atoms. The summed E-state index contributed by atoms with van der Waals surface area (Å²) in [6.07, 6.45) is 2.12. The van der Waals surface area contributed by atoms with E-state index in [1.54, 1.807) is 0 Å². The molecule has 6 nitrogen and oxygen atoms in total. The molecule has 178 valence electrons. The van der Waals surface area contributed by atoms with Crippen LogP contribution in [0.5, 0.6) is 0 Å². The average molecular weight is 492 g/mol. The van der Waals surface area contributed by atoms with Crippen molar-refractivity contribution in [1.29, 1.82) is 0 Å². The van der Waals surface area contributed by atoms with E-state index in [-0.39, 0.29) is 11.2 Å². The Hall–Kier alpha value is -3.97. The summed E-state index contributed by atoms with van der Waals surface area (Å²) in [5.41, 5.74) is 4.69. The maximum atomic E-state index is 12.7. The predicted octanol–water partition coefficient (Wildman–Crippen LogP) is 5.91. The van der Waals surface area contributed by atoms with E-state index in [2.05, 4.69) is 39.8 Å². The third-order valence-electron chi connectivity index (χ3n) is 6.25. The minimum atomic E-state index is -0.292. The second-order valence-corrected chi connectivity index (χ2v) is 10.3. The van der Waals surface area contributed by atoms with E-state index in [1.165, 1.54) is 11.8 Å². The van der Waals surface area contributed by atoms with E-state index in [0.717, 1.165) is 46.3 Å². The summed E-state index contributed by atoms with van der Waals surface area (Å²) in [5.74, 6) is 0.752. The number of para-hydroxylation sites is 2. The van der Waals surface area contributed by atoms with Crippen LogP contribution in [0.2, 0.25) is 0 Å². The number of thioether (sulfide) groups is 1. The zero-order valence-corrected chi connectivity index (χ0v) is 20.7. The summed E-state index contributed by atoms with van der Waals surface area (Å²) in [5, 5.41) is 13.7. The van der Waals surface area contributed by atoms with E-state index >= 15 is 0 Å². The summed E-state index contributed by atoms with van der Waals surface area (Å²) >= 11 is 1.43. The highest BCUT2D eigenvalue weighted by Gasteiger charge is 2.28. The van der Waals surface area contributed by atoms with Crippen LogP contribution in [0.3, 0.4) is 0 Å². The molecule has 2 aromatic heterocycles. The molecule has 36 heavy (non-hydrogen) atoms. The third kappa shape index (κ3) is 4.50. The number of aromatic nitrogens is 4. The number of nitrogens with one attached hydrogen (secondary N) is 1. The van der Waals surface area contributed by atoms with Crippen LogP contribution in [0.4, 0.5) is 0 Å². The molecular weight excluding hydrogens is 466 g/mol. The van der Waals surface area contributed by atoms with Crippen LogP contribution in [0, 0.1) is 0 Å². The lowest BCUT2D eigenvalue weighted by atomic mass is 10.0. The Kier molecular flexibility index (Phi) is 5.99. The van der Waals surface area contributed by atoms with Crippen LogP contribution >= 0.6 is 11.8 Å². The molecule has 1 fully saturated rings. The van der Waals surface area contributed by atoms with Gasteiger partial charge in [-0.1, -0.05) is 78.5 Å². The number of hydrogen-bond donors (Lipinski definition) is 1. The molecule has 1 N–H and O–H groups in total. The maximum Gasteiger partial charge on any atom is 0.233 e. The molecule has 0 aliphatic heterocycles. The molecule has 1 aliphatic rings. The second kappa shape index (κ2) is 9.59. The van der Waals surface area contributed by atoms with Crippen molar-refractivity contribution >= 4 is 28.6 Å². The van der Waals surface area contributed by atoms with Gasteiger partial charge in [-0.15, -0.1) is 10.2 Å². The summed E-state index contributed by atoms with van der Waals surface area (Å²) < 4.78 is 2.04. The van der Waals surface area contributed by atoms with Gasteiger partial charge in [0.2, 0.25) is 5.91 Å². The Morgan fingerprint density at radius 3 is 2.39 bits per heavy atom. The van der Waals surface area contributed by atoms with Crippen molar-refractivity contribution in [2.75, 3.05) is 0 Å². The Morgan fingerprint density at radius 2 is 1.64 bits per heavy atom. The normalized spacial score (nSPS) is 14.0. The van der Waals surface area contributed by atoms with Crippen LogP contribution < -0.4 is 5.32 Å². The lowest BCUT2D eigenvalue weighted by Gasteiger charge is -2.15. The number of hydrogen-bond acceptors (Lipinski definition) is 5. The quantitative estimate of drug-likeness (QED) is 0.287. The first-order valence-corrected chi connectivity index (χ1v) is 13.0. The molecular formula is C29H25N5OS. The van der Waals surface area contributed by atoms with Gasteiger partial charge in [0.1, 0.15) is 0 Å². The number of carbonyl (C=O) groups is 1. The molecule has 1 unspecified atom stereocenters. The highest BCUT2D eigenvalue weighted by atomic mass is 32.2. The molecule has 3 aromatic carbocycles. The molecule has 7 heteroatoms. The molecule has 1 aliphatic carbocycles. The van der Waals surface area contributed by atoms with Crippen molar-refractivity contribution in [3.8, 4) is 28.3 Å². The van der Waals surface area contributed by atoms with Gasteiger partial charge < -0.3 is 5.32 Å². The number of pyridine rings is 1. The van der Waals surface area contributed by atoms with Gasteiger partial charge in [-0.05, 0) is 44.0 Å². The fourth-order valence-electron chi connectivity index (χ4n) is 4.21. The van der Waals surface area contributed by atoms with E-state index in [0.29, 0.717) is 17.0 Å². The highest BCUT2D eigenvalue weighted by molar-refractivity contribution is 8.00. The number of benzene rings is 3. The largest absolute Gasteiger partial charge is 0.352 e. The van der Waals surface area contributed by atoms with Gasteiger partial charge in [0, 0.05) is 28.2 Å². The number of amides is 1. The maximum absolute atomic E-state index is 12.7. The van der Waals surface area contributed by atoms with Crippen molar-refractivity contribution in [3.05, 3.63) is 91.0 Å². The first-order chi connectivity index (χ1) is 17.7. The number of carbonyl (C=O) groups excluding carboxylic acids is 1. The van der Waals surface area contributed by atoms with Crippen molar-refractivity contribution in [1.82, 2.24) is 25.1 Å². The topological polar surface area (TPSA) is 72.7 Å². The Bertz CT molecular complexity index is 1530. The minimum Gasteiger partial charge on any atom is -0.352 e. The van der Waals surface area contributed by atoms with E-state index < -0.39 is 0 Å². The summed E-state index contributed by atoms with van der Waals surface area (Å²) in [6, 6.07) is 30.7. The Balaban J connectivity index is 1.50. The lowest BCUT2D eigenvalue weighted by molar-refractivity contribution is -0.120. The molecule has 1 atom stereocenters. The fraction of sp³-hybridized carbons (Fsp3) is 0.172. The average Bonchev–Trinajstić information content (AvgIpc) is 3.65. The van der Waals surface area contributed by atoms with E-state index in [1.807, 2.05) is 78.2 Å². The smallest absolute Gasteiger partial charge is 0.233 e. The van der Waals surface area contributed by atoms with Gasteiger partial charge in [0.15, 0.2) is 11.0 Å². The van der Waals surface area contributed by atoms with Gasteiger partial charge in [-0.2, -0.15) is 0 Å². The van der Waals surface area contributed by atoms with Gasteiger partial charge in [0.05, 0.1) is 16.5 Å². The van der Waals surface area contributed by atoms with Gasteiger partial charge in [0.25, 0.3) is 0 Å². The summed E-state index contributed by atoms with van der Waals surface area (Å²) in [6.45, 7) is 1.92. The van der Waals surface area contributed by atoms with Crippen molar-refractivity contribution in [3.63, 3.8) is 0 Å². The Labute approximate surface area is 213 Å². The molecule has 0 radical (unpaired) electrons. The van der Waals surface area contributed by atoms with Crippen molar-refractivity contribution < 1.29 is 4.79 Å². The molecule has 0 saturated heterocycles. The van der Waals surface area contributed by atoms with Crippen LogP contribution in [-0.4, -0.2) is 36.9 Å². The van der Waals surface area contributed by atoms with Crippen molar-refractivity contribution in [2.24, 2.45) is 0 Å². The Morgan fingerprint density at radius 1 is 0.944 bits per heavy atom. The van der Waals surface area contributed by atoms with Crippen LogP contribution in [-0.2, 0) is 4.79 Å². The first kappa shape index (κ1) is 22.5. The first-order valence-electron chi connectivity index (χ1n) is 12.1.